The van der Waals surface area contributed by atoms with Crippen molar-refractivity contribution in [1.82, 2.24) is 5.01 Å². The highest BCUT2D eigenvalue weighted by Crippen LogP contribution is 2.32. The van der Waals surface area contributed by atoms with Gasteiger partial charge in [0.15, 0.2) is 0 Å². The fraction of sp³-hybridized carbons (Fsp3) is 0.364. The van der Waals surface area contributed by atoms with E-state index in [0.29, 0.717) is 18.6 Å². The highest BCUT2D eigenvalue weighted by atomic mass is 16.1. The second-order valence-electron chi connectivity index (χ2n) is 7.69. The molecule has 0 spiro atoms. The molecule has 0 saturated heterocycles. The Morgan fingerprint density at radius 3 is 1.88 bits per heavy atom. The van der Waals surface area contributed by atoms with Crippen LogP contribution >= 0.6 is 0 Å². The number of hydrazone groups is 1. The highest BCUT2D eigenvalue weighted by Gasteiger charge is 2.30. The van der Waals surface area contributed by atoms with Gasteiger partial charge in [-0.05, 0) is 23.0 Å². The molecule has 130 valence electrons. The molecule has 0 aliphatic heterocycles. The number of hydrogen-bond donors (Lipinski definition) is 0. The molecule has 1 saturated carbocycles. The summed E-state index contributed by atoms with van der Waals surface area (Å²) in [5, 5.41) is 6.99. The van der Waals surface area contributed by atoms with Crippen molar-refractivity contribution in [1.29, 1.82) is 0 Å². The van der Waals surface area contributed by atoms with Crippen molar-refractivity contribution in [3.8, 4) is 0 Å². The molecule has 0 unspecified atom stereocenters. The summed E-state index contributed by atoms with van der Waals surface area (Å²) in [5.41, 5.74) is 3.47. The Balaban J connectivity index is 1.82. The summed E-state index contributed by atoms with van der Waals surface area (Å²) < 4.78 is 0. The number of rotatable bonds is 5. The van der Waals surface area contributed by atoms with Gasteiger partial charge >= 0.3 is 0 Å². The summed E-state index contributed by atoms with van der Waals surface area (Å²) in [6.45, 7) is 5.79. The first kappa shape index (κ1) is 17.4. The summed E-state index contributed by atoms with van der Waals surface area (Å²) >= 11 is 0. The highest BCUT2D eigenvalue weighted by molar-refractivity contribution is 6.04. The van der Waals surface area contributed by atoms with Gasteiger partial charge in [0.2, 0.25) is 0 Å². The van der Waals surface area contributed by atoms with E-state index in [4.69, 9.17) is 5.10 Å². The van der Waals surface area contributed by atoms with Crippen molar-refractivity contribution >= 4 is 11.5 Å². The lowest BCUT2D eigenvalue weighted by Crippen LogP contribution is -2.31. The van der Waals surface area contributed by atoms with Crippen LogP contribution in [0.15, 0.2) is 65.8 Å². The van der Waals surface area contributed by atoms with Gasteiger partial charge in [-0.15, -0.1) is 0 Å². The van der Waals surface area contributed by atoms with Gasteiger partial charge in [-0.3, -0.25) is 9.80 Å². The second-order valence-corrected chi connectivity index (χ2v) is 7.69. The first-order valence-corrected chi connectivity index (χ1v) is 8.91. The Bertz CT molecular complexity index is 694. The third-order valence-electron chi connectivity index (χ3n) is 4.46. The molecule has 0 bridgehead atoms. The Labute approximate surface area is 150 Å². The number of benzene rings is 2. The molecule has 2 aromatic carbocycles. The van der Waals surface area contributed by atoms with Crippen molar-refractivity contribution in [2.24, 2.45) is 10.5 Å². The average Bonchev–Trinajstić information content (AvgIpc) is 2.54. The van der Waals surface area contributed by atoms with Crippen LogP contribution in [0.4, 0.5) is 0 Å². The van der Waals surface area contributed by atoms with E-state index >= 15 is 0 Å². The summed E-state index contributed by atoms with van der Waals surface area (Å²) in [7, 11) is 0. The van der Waals surface area contributed by atoms with E-state index in [1.165, 1.54) is 11.1 Å². The van der Waals surface area contributed by atoms with Crippen LogP contribution in [0.3, 0.4) is 0 Å². The molecule has 0 N–H and O–H groups in total. The average molecular weight is 334 g/mol. The standard InChI is InChI=1S/C22H26N2O/c1-22(2)14-20(13-21(25)15-22)23-24(16-18-9-5-3-6-10-18)17-19-11-7-4-8-12-19/h3-12H,13-17H2,1-2H3/b23-20+. The molecule has 1 aliphatic rings. The van der Waals surface area contributed by atoms with Crippen LogP contribution in [-0.4, -0.2) is 16.5 Å². The number of hydrogen-bond acceptors (Lipinski definition) is 3. The van der Waals surface area contributed by atoms with Crippen LogP contribution in [0.2, 0.25) is 0 Å². The zero-order valence-electron chi connectivity index (χ0n) is 15.1. The molecular formula is C22H26N2O. The fourth-order valence-corrected chi connectivity index (χ4v) is 3.49. The number of carbonyl (C=O) groups is 1. The molecule has 1 fully saturated rings. The van der Waals surface area contributed by atoms with Crippen molar-refractivity contribution in [2.45, 2.75) is 46.2 Å². The van der Waals surface area contributed by atoms with Gasteiger partial charge in [0.05, 0.1) is 13.1 Å². The monoisotopic (exact) mass is 334 g/mol. The number of nitrogens with zero attached hydrogens (tertiary/aromatic N) is 2. The second kappa shape index (κ2) is 7.64. The van der Waals surface area contributed by atoms with Gasteiger partial charge in [0.25, 0.3) is 0 Å². The van der Waals surface area contributed by atoms with Crippen LogP contribution in [0, 0.1) is 5.41 Å². The van der Waals surface area contributed by atoms with Crippen LogP contribution in [0.25, 0.3) is 0 Å². The fourth-order valence-electron chi connectivity index (χ4n) is 3.49. The number of carbonyl (C=O) groups excluding carboxylic acids is 1. The zero-order valence-corrected chi connectivity index (χ0v) is 15.1. The molecule has 0 amide bonds. The Morgan fingerprint density at radius 2 is 1.40 bits per heavy atom. The third-order valence-corrected chi connectivity index (χ3v) is 4.46. The van der Waals surface area contributed by atoms with Gasteiger partial charge in [0, 0.05) is 18.6 Å². The van der Waals surface area contributed by atoms with Crippen LogP contribution < -0.4 is 0 Å². The maximum Gasteiger partial charge on any atom is 0.139 e. The molecule has 3 nitrogen and oxygen atoms in total. The largest absolute Gasteiger partial charge is 0.299 e. The predicted molar refractivity (Wildman–Crippen MR) is 102 cm³/mol. The first-order valence-electron chi connectivity index (χ1n) is 8.91. The normalized spacial score (nSPS) is 18.3. The van der Waals surface area contributed by atoms with Crippen molar-refractivity contribution < 1.29 is 4.79 Å². The van der Waals surface area contributed by atoms with Gasteiger partial charge in [-0.1, -0.05) is 74.5 Å². The third kappa shape index (κ3) is 5.28. The van der Waals surface area contributed by atoms with E-state index < -0.39 is 0 Å². The summed E-state index contributed by atoms with van der Waals surface area (Å²) in [6.07, 6.45) is 2.03. The van der Waals surface area contributed by atoms with Crippen LogP contribution in [-0.2, 0) is 17.9 Å². The summed E-state index contributed by atoms with van der Waals surface area (Å²) in [4.78, 5) is 12.1. The van der Waals surface area contributed by atoms with E-state index in [2.05, 4.69) is 67.4 Å². The summed E-state index contributed by atoms with van der Waals surface area (Å²) in [5.74, 6) is 0.300. The molecule has 0 heterocycles. The Hall–Kier alpha value is -2.42. The molecule has 2 aromatic rings. The van der Waals surface area contributed by atoms with E-state index in [1.54, 1.807) is 0 Å². The van der Waals surface area contributed by atoms with Gasteiger partial charge in [-0.2, -0.15) is 5.10 Å². The smallest absolute Gasteiger partial charge is 0.139 e. The van der Waals surface area contributed by atoms with Crippen LogP contribution in [0.1, 0.15) is 44.2 Å². The molecule has 0 radical (unpaired) electrons. The minimum Gasteiger partial charge on any atom is -0.299 e. The number of ketones is 1. The molecule has 0 aromatic heterocycles. The SMILES string of the molecule is CC1(C)CC(=O)C/C(=N\N(Cc2ccccc2)Cc2ccccc2)C1. The lowest BCUT2D eigenvalue weighted by molar-refractivity contribution is -0.120. The maximum absolute atomic E-state index is 12.1. The molecule has 0 atom stereocenters. The lowest BCUT2D eigenvalue weighted by atomic mass is 9.76. The summed E-state index contributed by atoms with van der Waals surface area (Å²) in [6, 6.07) is 20.7. The molecular weight excluding hydrogens is 308 g/mol. The van der Waals surface area contributed by atoms with Gasteiger partial charge in [-0.25, -0.2) is 0 Å². The van der Waals surface area contributed by atoms with E-state index in [9.17, 15) is 4.79 Å². The predicted octanol–water partition coefficient (Wildman–Crippen LogP) is 4.82. The topological polar surface area (TPSA) is 32.7 Å². The van der Waals surface area contributed by atoms with Crippen molar-refractivity contribution in [2.75, 3.05) is 0 Å². The minimum atomic E-state index is 0.0132. The Kier molecular flexibility index (Phi) is 5.32. The zero-order chi connectivity index (χ0) is 17.7. The quantitative estimate of drug-likeness (QED) is 0.734. The van der Waals surface area contributed by atoms with Gasteiger partial charge < -0.3 is 0 Å². The maximum atomic E-state index is 12.1. The van der Waals surface area contributed by atoms with E-state index in [0.717, 1.165) is 25.2 Å². The molecule has 25 heavy (non-hydrogen) atoms. The van der Waals surface area contributed by atoms with Crippen molar-refractivity contribution in [3.05, 3.63) is 71.8 Å². The van der Waals surface area contributed by atoms with Crippen LogP contribution in [0.5, 0.6) is 0 Å². The van der Waals surface area contributed by atoms with Gasteiger partial charge in [0.1, 0.15) is 5.78 Å². The van der Waals surface area contributed by atoms with Crippen molar-refractivity contribution in [3.63, 3.8) is 0 Å². The van der Waals surface area contributed by atoms with E-state index in [-0.39, 0.29) is 5.41 Å². The molecule has 1 aliphatic carbocycles. The van der Waals surface area contributed by atoms with E-state index in [1.807, 2.05) is 12.1 Å². The first-order chi connectivity index (χ1) is 12.0. The molecule has 3 rings (SSSR count). The molecule has 3 heteroatoms. The lowest BCUT2D eigenvalue weighted by Gasteiger charge is -2.31. The minimum absolute atomic E-state index is 0.0132. The Morgan fingerprint density at radius 1 is 0.880 bits per heavy atom. The number of Topliss-reactive ketones (excluding diaryl/α,β-unsaturated/α-hetero) is 1.